The van der Waals surface area contributed by atoms with E-state index in [-0.39, 0.29) is 12.6 Å². The Morgan fingerprint density at radius 1 is 1.27 bits per heavy atom. The first kappa shape index (κ1) is 22.1. The fourth-order valence-electron chi connectivity index (χ4n) is 4.66. The molecule has 2 unspecified atom stereocenters. The highest BCUT2D eigenvalue weighted by molar-refractivity contribution is 7.22. The molecule has 33 heavy (non-hydrogen) atoms. The van der Waals surface area contributed by atoms with Gasteiger partial charge in [0.15, 0.2) is 5.82 Å². The maximum Gasteiger partial charge on any atom is 0.152 e. The molecule has 1 saturated heterocycles. The molecule has 3 aromatic heterocycles. The van der Waals surface area contributed by atoms with Gasteiger partial charge in [-0.1, -0.05) is 6.07 Å². The van der Waals surface area contributed by atoms with Crippen LogP contribution in [0.4, 0.5) is 5.82 Å². The van der Waals surface area contributed by atoms with Crippen LogP contribution in [0.2, 0.25) is 0 Å². The van der Waals surface area contributed by atoms with Gasteiger partial charge in [0.1, 0.15) is 17.6 Å². The molecule has 9 nitrogen and oxygen atoms in total. The highest BCUT2D eigenvalue weighted by atomic mass is 32.1. The van der Waals surface area contributed by atoms with Crippen LogP contribution in [0.3, 0.4) is 0 Å². The Morgan fingerprint density at radius 2 is 2.12 bits per heavy atom. The number of ether oxygens (including phenoxy) is 1. The summed E-state index contributed by atoms with van der Waals surface area (Å²) in [5, 5.41) is 28.3. The molecule has 5 rings (SSSR count). The van der Waals surface area contributed by atoms with E-state index < -0.39 is 6.10 Å². The van der Waals surface area contributed by atoms with E-state index in [9.17, 15) is 5.11 Å². The first-order valence-electron chi connectivity index (χ1n) is 10.9. The van der Waals surface area contributed by atoms with Crippen molar-refractivity contribution in [3.8, 4) is 16.2 Å². The van der Waals surface area contributed by atoms with E-state index in [1.807, 2.05) is 10.6 Å². The molecule has 1 aliphatic rings. The molecule has 0 amide bonds. The van der Waals surface area contributed by atoms with Gasteiger partial charge in [-0.15, -0.1) is 11.3 Å². The molecule has 1 aromatic carbocycles. The predicted octanol–water partition coefficient (Wildman–Crippen LogP) is 1.64. The van der Waals surface area contributed by atoms with Gasteiger partial charge in [0.25, 0.3) is 0 Å². The number of anilines is 1. The van der Waals surface area contributed by atoms with Crippen molar-refractivity contribution in [1.29, 1.82) is 0 Å². The van der Waals surface area contributed by atoms with Crippen molar-refractivity contribution in [2.24, 2.45) is 0 Å². The van der Waals surface area contributed by atoms with Gasteiger partial charge < -0.3 is 26.0 Å². The SMILES string of the molecule is COc1cc(C)cc2cc(-c3cc(CN4CC(O)C(NCCO)C4)n4ncnc(N)c34)sc12. The van der Waals surface area contributed by atoms with Crippen LogP contribution in [0.5, 0.6) is 5.75 Å². The molecule has 4 heterocycles. The molecule has 0 aliphatic carbocycles. The number of likely N-dealkylation sites (tertiary alicyclic amines) is 1. The molecular formula is C23H28N6O3S. The van der Waals surface area contributed by atoms with Crippen molar-refractivity contribution < 1.29 is 14.9 Å². The van der Waals surface area contributed by atoms with Crippen LogP contribution in [0, 0.1) is 6.92 Å². The summed E-state index contributed by atoms with van der Waals surface area (Å²) >= 11 is 1.66. The molecule has 174 valence electrons. The monoisotopic (exact) mass is 468 g/mol. The third-order valence-electron chi connectivity index (χ3n) is 6.14. The lowest BCUT2D eigenvalue weighted by molar-refractivity contribution is 0.150. The van der Waals surface area contributed by atoms with Crippen LogP contribution in [0.15, 0.2) is 30.6 Å². The number of fused-ring (bicyclic) bond motifs is 2. The molecular weight excluding hydrogens is 440 g/mol. The van der Waals surface area contributed by atoms with Crippen molar-refractivity contribution in [3.63, 3.8) is 0 Å². The minimum absolute atomic E-state index is 0.0472. The topological polar surface area (TPSA) is 121 Å². The molecule has 1 fully saturated rings. The molecule has 0 bridgehead atoms. The van der Waals surface area contributed by atoms with Crippen LogP contribution in [0.25, 0.3) is 26.0 Å². The van der Waals surface area contributed by atoms with E-state index in [0.717, 1.165) is 43.1 Å². The zero-order chi connectivity index (χ0) is 23.1. The Morgan fingerprint density at radius 3 is 2.91 bits per heavy atom. The number of nitrogens with zero attached hydrogens (tertiary/aromatic N) is 4. The second-order valence-corrected chi connectivity index (χ2v) is 9.55. The molecule has 0 radical (unpaired) electrons. The number of methoxy groups -OCH3 is 1. The Labute approximate surface area is 195 Å². The van der Waals surface area contributed by atoms with Crippen molar-refractivity contribution in [3.05, 3.63) is 41.9 Å². The summed E-state index contributed by atoms with van der Waals surface area (Å²) in [6, 6.07) is 8.41. The lowest BCUT2D eigenvalue weighted by Gasteiger charge is -2.16. The summed E-state index contributed by atoms with van der Waals surface area (Å²) in [4.78, 5) is 7.49. The fourth-order valence-corrected chi connectivity index (χ4v) is 5.81. The van der Waals surface area contributed by atoms with Gasteiger partial charge in [0.2, 0.25) is 0 Å². The van der Waals surface area contributed by atoms with Gasteiger partial charge in [0.05, 0.1) is 30.2 Å². The smallest absolute Gasteiger partial charge is 0.152 e. The van der Waals surface area contributed by atoms with Crippen LogP contribution in [0.1, 0.15) is 11.3 Å². The van der Waals surface area contributed by atoms with Crippen LogP contribution in [-0.2, 0) is 6.54 Å². The number of aliphatic hydroxyl groups excluding tert-OH is 2. The summed E-state index contributed by atoms with van der Waals surface area (Å²) in [6.07, 6.45) is 0.984. The number of benzene rings is 1. The van der Waals surface area contributed by atoms with E-state index in [0.29, 0.717) is 32.0 Å². The third-order valence-corrected chi connectivity index (χ3v) is 7.34. The van der Waals surface area contributed by atoms with Gasteiger partial charge in [-0.3, -0.25) is 4.90 Å². The van der Waals surface area contributed by atoms with Gasteiger partial charge in [0, 0.05) is 42.7 Å². The van der Waals surface area contributed by atoms with Crippen molar-refractivity contribution in [1.82, 2.24) is 24.8 Å². The number of nitrogens with two attached hydrogens (primary N) is 1. The minimum Gasteiger partial charge on any atom is -0.495 e. The molecule has 1 aliphatic heterocycles. The Kier molecular flexibility index (Phi) is 5.94. The average Bonchev–Trinajstić information content (AvgIpc) is 3.47. The first-order valence-corrected chi connectivity index (χ1v) is 11.7. The quantitative estimate of drug-likeness (QED) is 0.323. The van der Waals surface area contributed by atoms with Gasteiger partial charge in [-0.2, -0.15) is 5.10 Å². The van der Waals surface area contributed by atoms with Crippen LogP contribution >= 0.6 is 11.3 Å². The van der Waals surface area contributed by atoms with E-state index in [1.54, 1.807) is 18.4 Å². The Balaban J connectivity index is 1.53. The molecule has 0 spiro atoms. The highest BCUT2D eigenvalue weighted by Crippen LogP contribution is 2.42. The maximum atomic E-state index is 10.4. The number of aliphatic hydroxyl groups is 2. The highest BCUT2D eigenvalue weighted by Gasteiger charge is 2.31. The van der Waals surface area contributed by atoms with E-state index >= 15 is 0 Å². The van der Waals surface area contributed by atoms with Gasteiger partial charge in [-0.05, 0) is 36.1 Å². The van der Waals surface area contributed by atoms with Crippen LogP contribution in [-0.4, -0.2) is 75.2 Å². The van der Waals surface area contributed by atoms with Gasteiger partial charge in [-0.25, -0.2) is 9.50 Å². The van der Waals surface area contributed by atoms with E-state index in [2.05, 4.69) is 45.4 Å². The number of aromatic nitrogens is 3. The normalized spacial score (nSPS) is 19.2. The van der Waals surface area contributed by atoms with E-state index in [4.69, 9.17) is 15.6 Å². The zero-order valence-electron chi connectivity index (χ0n) is 18.7. The number of nitrogen functional groups attached to an aromatic ring is 1. The van der Waals surface area contributed by atoms with Crippen molar-refractivity contribution in [2.45, 2.75) is 25.6 Å². The Bertz CT molecular complexity index is 1300. The summed E-state index contributed by atoms with van der Waals surface area (Å²) in [7, 11) is 1.69. The zero-order valence-corrected chi connectivity index (χ0v) is 19.5. The number of β-amino-alcohol motifs (C(OH)–C–C–N with tert-alkyl or cyclic N) is 1. The summed E-state index contributed by atoms with van der Waals surface area (Å²) in [5.41, 5.74) is 10.2. The molecule has 4 aromatic rings. The van der Waals surface area contributed by atoms with Crippen molar-refractivity contribution in [2.75, 3.05) is 39.1 Å². The number of hydrogen-bond acceptors (Lipinski definition) is 9. The molecule has 5 N–H and O–H groups in total. The largest absolute Gasteiger partial charge is 0.495 e. The lowest BCUT2D eigenvalue weighted by Crippen LogP contribution is -2.40. The van der Waals surface area contributed by atoms with Gasteiger partial charge >= 0.3 is 0 Å². The Hall–Kier alpha value is -2.76. The maximum absolute atomic E-state index is 10.4. The lowest BCUT2D eigenvalue weighted by atomic mass is 10.1. The second-order valence-electron chi connectivity index (χ2n) is 8.50. The minimum atomic E-state index is -0.486. The number of rotatable bonds is 7. The van der Waals surface area contributed by atoms with Crippen molar-refractivity contribution >= 4 is 32.8 Å². The number of nitrogens with one attached hydrogen (secondary N) is 1. The van der Waals surface area contributed by atoms with E-state index in [1.165, 1.54) is 6.33 Å². The number of hydrogen-bond donors (Lipinski definition) is 4. The molecule has 10 heteroatoms. The number of aryl methyl sites for hydroxylation is 1. The number of thiophene rings is 1. The second kappa shape index (κ2) is 8.88. The molecule has 0 saturated carbocycles. The fraction of sp³-hybridized carbons (Fsp3) is 0.391. The van der Waals surface area contributed by atoms with Crippen LogP contribution < -0.4 is 15.8 Å². The average molecular weight is 469 g/mol. The third kappa shape index (κ3) is 4.04. The summed E-state index contributed by atoms with van der Waals surface area (Å²) in [6.45, 7) is 4.41. The standard InChI is InChI=1S/C23H28N6O3S/c1-13-5-14-7-20(33-22(14)19(6-13)32-2)16-8-15(29-21(16)23(24)26-12-27-29)9-28-10-17(18(31)11-28)25-3-4-30/h5-8,12,17-18,25,30-31H,3-4,9-11H2,1-2H3,(H2,24,26,27). The predicted molar refractivity (Wildman–Crippen MR) is 130 cm³/mol. The summed E-state index contributed by atoms with van der Waals surface area (Å²) < 4.78 is 8.56. The first-order chi connectivity index (χ1) is 16.0. The molecule has 2 atom stereocenters. The summed E-state index contributed by atoms with van der Waals surface area (Å²) in [5.74, 6) is 1.29.